The van der Waals surface area contributed by atoms with Crippen LogP contribution in [0.4, 0.5) is 9.59 Å². The van der Waals surface area contributed by atoms with Gasteiger partial charge in [-0.1, -0.05) is 64.4 Å². The molecule has 19 heteroatoms. The van der Waals surface area contributed by atoms with Crippen molar-refractivity contribution in [2.24, 2.45) is 11.8 Å². The molecule has 0 radical (unpaired) electrons. The summed E-state index contributed by atoms with van der Waals surface area (Å²) >= 11 is 0. The summed E-state index contributed by atoms with van der Waals surface area (Å²) in [5.74, 6) is -3.70. The van der Waals surface area contributed by atoms with Gasteiger partial charge in [-0.25, -0.2) is 24.4 Å². The number of H-pyrrole nitrogens is 2. The van der Waals surface area contributed by atoms with Gasteiger partial charge in [-0.05, 0) is 58.4 Å². The van der Waals surface area contributed by atoms with Crippen LogP contribution in [-0.2, 0) is 43.2 Å². The molecule has 1 aromatic carbocycles. The zero-order valence-electron chi connectivity index (χ0n) is 37.2. The maximum Gasteiger partial charge on any atom is 0.408 e. The van der Waals surface area contributed by atoms with Gasteiger partial charge < -0.3 is 56.4 Å². The summed E-state index contributed by atoms with van der Waals surface area (Å²) < 4.78 is 5.44. The topological polar surface area (TPSA) is 273 Å². The number of hydrogen-bond donors (Lipinski definition) is 9. The molecule has 3 aromatic rings. The number of aliphatic carboxylic acids is 1. The van der Waals surface area contributed by atoms with Crippen LogP contribution in [0, 0.1) is 11.8 Å². The Morgan fingerprint density at radius 2 is 1.31 bits per heavy atom. The molecule has 2 aromatic heterocycles. The molecular weight excluding hydrogens is 801 g/mol. The number of alkyl carbamates (subject to hydrolysis) is 1. The van der Waals surface area contributed by atoms with E-state index in [1.54, 1.807) is 59.9 Å². The summed E-state index contributed by atoms with van der Waals surface area (Å²) in [7, 11) is 0. The molecular formula is C43H66N10O9. The van der Waals surface area contributed by atoms with Crippen LogP contribution in [0.25, 0.3) is 0 Å². The highest BCUT2D eigenvalue weighted by atomic mass is 16.6. The van der Waals surface area contributed by atoms with Gasteiger partial charge in [0.1, 0.15) is 29.8 Å². The van der Waals surface area contributed by atoms with Crippen molar-refractivity contribution in [2.45, 2.75) is 142 Å². The number of carboxylic acid groups (broad SMARTS) is 1. The van der Waals surface area contributed by atoms with Crippen LogP contribution in [0.2, 0.25) is 0 Å². The number of aromatic amines is 2. The highest BCUT2D eigenvalue weighted by molar-refractivity contribution is 5.92. The van der Waals surface area contributed by atoms with E-state index in [9.17, 15) is 39.0 Å². The average molecular weight is 867 g/mol. The number of aliphatic hydroxyl groups excluding tert-OH is 1. The second-order valence-electron chi connectivity index (χ2n) is 17.2. The van der Waals surface area contributed by atoms with Crippen molar-refractivity contribution in [1.29, 1.82) is 0 Å². The second-order valence-corrected chi connectivity index (χ2v) is 17.2. The van der Waals surface area contributed by atoms with Crippen LogP contribution in [-0.4, -0.2) is 125 Å². The maximum atomic E-state index is 14.2. The van der Waals surface area contributed by atoms with Crippen molar-refractivity contribution in [3.8, 4) is 0 Å². The lowest BCUT2D eigenvalue weighted by atomic mass is 9.97. The molecule has 62 heavy (non-hydrogen) atoms. The first-order valence-electron chi connectivity index (χ1n) is 21.0. The fourth-order valence-electron chi connectivity index (χ4n) is 6.55. The van der Waals surface area contributed by atoms with Crippen molar-refractivity contribution in [1.82, 2.24) is 51.4 Å². The number of nitrogens with one attached hydrogen (secondary N) is 7. The molecule has 3 rings (SSSR count). The summed E-state index contributed by atoms with van der Waals surface area (Å²) in [6.45, 7) is 15.7. The van der Waals surface area contributed by atoms with Crippen LogP contribution < -0.4 is 26.6 Å². The third-order valence-corrected chi connectivity index (χ3v) is 10.0. The van der Waals surface area contributed by atoms with Gasteiger partial charge in [0, 0.05) is 37.7 Å². The van der Waals surface area contributed by atoms with Crippen molar-refractivity contribution in [3.05, 3.63) is 72.3 Å². The van der Waals surface area contributed by atoms with Gasteiger partial charge in [0.05, 0.1) is 42.7 Å². The number of carbonyl (C=O) groups is 6. The number of carbonyl (C=O) groups excluding carboxylic acids is 5. The summed E-state index contributed by atoms with van der Waals surface area (Å²) in [4.78, 5) is 96.0. The smallest absolute Gasteiger partial charge is 0.408 e. The molecule has 19 nitrogen and oxygen atoms in total. The van der Waals surface area contributed by atoms with Crippen LogP contribution >= 0.6 is 0 Å². The summed E-state index contributed by atoms with van der Waals surface area (Å²) in [6.07, 6.45) is 4.54. The molecule has 0 fully saturated rings. The maximum absolute atomic E-state index is 14.2. The molecule has 0 saturated heterocycles. The van der Waals surface area contributed by atoms with Gasteiger partial charge in [-0.3, -0.25) is 14.4 Å². The molecule has 7 atom stereocenters. The molecule has 342 valence electrons. The number of amides is 6. The Hall–Kier alpha value is -5.98. The monoisotopic (exact) mass is 867 g/mol. The van der Waals surface area contributed by atoms with E-state index in [4.69, 9.17) is 4.74 Å². The fraction of sp³-hybridized carbons (Fsp3) is 0.581. The number of carboxylic acids is 1. The molecule has 6 amide bonds. The predicted octanol–water partition coefficient (Wildman–Crippen LogP) is 2.83. The molecule has 9 N–H and O–H groups in total. The summed E-state index contributed by atoms with van der Waals surface area (Å²) in [5.41, 5.74) is 0.808. The third-order valence-electron chi connectivity index (χ3n) is 10.0. The number of nitrogens with zero attached hydrogens (tertiary/aromatic N) is 3. The normalized spacial score (nSPS) is 15.0. The first-order valence-corrected chi connectivity index (χ1v) is 21.0. The minimum atomic E-state index is -1.32. The summed E-state index contributed by atoms with van der Waals surface area (Å²) in [6, 6.07) is 2.18. The number of imidazole rings is 2. The van der Waals surface area contributed by atoms with Gasteiger partial charge in [0.25, 0.3) is 0 Å². The number of urea groups is 1. The zero-order valence-corrected chi connectivity index (χ0v) is 37.2. The van der Waals surface area contributed by atoms with Crippen molar-refractivity contribution >= 4 is 35.8 Å². The zero-order chi connectivity index (χ0) is 46.1. The van der Waals surface area contributed by atoms with Gasteiger partial charge >= 0.3 is 18.1 Å². The van der Waals surface area contributed by atoms with Gasteiger partial charge in [0.2, 0.25) is 17.7 Å². The molecule has 0 bridgehead atoms. The molecule has 0 aliphatic rings. The van der Waals surface area contributed by atoms with Crippen molar-refractivity contribution in [3.63, 3.8) is 0 Å². The van der Waals surface area contributed by atoms with E-state index in [1.165, 1.54) is 23.8 Å². The Kier molecular flexibility index (Phi) is 19.4. The van der Waals surface area contributed by atoms with Crippen LogP contribution in [0.15, 0.2) is 55.4 Å². The number of rotatable bonds is 23. The minimum absolute atomic E-state index is 0.0360. The van der Waals surface area contributed by atoms with Gasteiger partial charge in [0.15, 0.2) is 0 Å². The number of aromatic nitrogens is 4. The van der Waals surface area contributed by atoms with Crippen molar-refractivity contribution in [2.75, 3.05) is 6.54 Å². The number of aliphatic hydroxyl groups is 1. The van der Waals surface area contributed by atoms with Crippen LogP contribution in [0.5, 0.6) is 0 Å². The van der Waals surface area contributed by atoms with E-state index in [0.29, 0.717) is 17.8 Å². The lowest BCUT2D eigenvalue weighted by Gasteiger charge is -2.35. The Morgan fingerprint density at radius 3 is 1.81 bits per heavy atom. The molecule has 0 saturated carbocycles. The van der Waals surface area contributed by atoms with E-state index in [1.807, 2.05) is 39.0 Å². The number of ether oxygens (including phenoxy) is 1. The van der Waals surface area contributed by atoms with E-state index in [0.717, 1.165) is 5.56 Å². The summed E-state index contributed by atoms with van der Waals surface area (Å²) in [5, 5.41) is 35.3. The largest absolute Gasteiger partial charge is 0.480 e. The number of hydrogen-bond acceptors (Lipinski definition) is 10. The van der Waals surface area contributed by atoms with Crippen LogP contribution in [0.3, 0.4) is 0 Å². The quantitative estimate of drug-likeness (QED) is 0.0669. The Morgan fingerprint density at radius 1 is 0.758 bits per heavy atom. The van der Waals surface area contributed by atoms with E-state index in [-0.39, 0.29) is 38.1 Å². The van der Waals surface area contributed by atoms with E-state index >= 15 is 0 Å². The molecule has 0 aliphatic carbocycles. The standard InChI is InChI=1S/C43H66N10O9/c1-10-27(6)36(39(57)50-34(40(58)59)19-30-21-45-24-47-30)52-41(60)53(26(4)5)22-35(54)31(16-25(2)3)48-38(56)33(18-29-20-44-23-46-29)49-37(55)32(17-28-14-12-11-13-15-28)51-42(61)62-43(7,8)9/h11-15,20-21,23-27,31-36,54H,10,16-19,22H2,1-9H3,(H,44,46)(H,45,47)(H,48,56)(H,49,55)(H,50,57)(H,51,61)(H,52,60)(H,58,59)/t27?,31-,32-,33-,34-,35?,36-/m0/s1. The fourth-order valence-corrected chi connectivity index (χ4v) is 6.55. The van der Waals surface area contributed by atoms with Crippen molar-refractivity contribution < 1.29 is 43.7 Å². The van der Waals surface area contributed by atoms with E-state index < -0.39 is 89.7 Å². The first kappa shape index (κ1) is 50.4. The van der Waals surface area contributed by atoms with E-state index in [2.05, 4.69) is 46.5 Å². The lowest BCUT2D eigenvalue weighted by molar-refractivity contribution is -0.142. The van der Waals surface area contributed by atoms with Crippen LogP contribution in [0.1, 0.15) is 92.1 Å². The SMILES string of the molecule is CCC(C)[C@H](NC(=O)N(CC(O)[C@H](CC(C)C)NC(=O)[C@H](Cc1c[nH]cn1)NC(=O)[C@H](Cc1ccccc1)NC(=O)OC(C)(C)C)C(C)C)C(=O)N[C@@H](Cc1c[nH]cn1)C(=O)O. The lowest BCUT2D eigenvalue weighted by Crippen LogP contribution is -2.60. The minimum Gasteiger partial charge on any atom is -0.480 e. The first-order chi connectivity index (χ1) is 29.2. The van der Waals surface area contributed by atoms with Gasteiger partial charge in [-0.15, -0.1) is 0 Å². The molecule has 0 spiro atoms. The molecule has 0 aliphatic heterocycles. The highest BCUT2D eigenvalue weighted by Gasteiger charge is 2.35. The molecule has 2 heterocycles. The Labute approximate surface area is 363 Å². The second kappa shape index (κ2) is 23.9. The average Bonchev–Trinajstić information content (AvgIpc) is 3.91. The Bertz CT molecular complexity index is 1870. The molecule has 2 unspecified atom stereocenters. The predicted molar refractivity (Wildman–Crippen MR) is 230 cm³/mol. The Balaban J connectivity index is 1.83. The number of benzene rings is 1. The highest BCUT2D eigenvalue weighted by Crippen LogP contribution is 2.16. The third kappa shape index (κ3) is 16.8. The van der Waals surface area contributed by atoms with Gasteiger partial charge in [-0.2, -0.15) is 0 Å².